The van der Waals surface area contributed by atoms with Gasteiger partial charge in [0.2, 0.25) is 0 Å². The molecule has 0 unspecified atom stereocenters. The van der Waals surface area contributed by atoms with Crippen LogP contribution < -0.4 is 24.0 Å². The van der Waals surface area contributed by atoms with Crippen molar-refractivity contribution < 1.29 is 28.5 Å². The maximum absolute atomic E-state index is 4.51. The number of benzene rings is 1. The lowest BCUT2D eigenvalue weighted by Gasteiger charge is -2.24. The van der Waals surface area contributed by atoms with E-state index in [0.717, 1.165) is 27.9 Å². The Morgan fingerprint density at radius 1 is 1.00 bits per heavy atom. The van der Waals surface area contributed by atoms with Gasteiger partial charge in [0.25, 0.3) is 0 Å². The minimum absolute atomic E-state index is 0. The van der Waals surface area contributed by atoms with E-state index in [2.05, 4.69) is 60.4 Å². The van der Waals surface area contributed by atoms with Gasteiger partial charge in [0, 0.05) is 12.4 Å². The van der Waals surface area contributed by atoms with Crippen LogP contribution in [0.3, 0.4) is 0 Å². The van der Waals surface area contributed by atoms with E-state index < -0.39 is 0 Å². The van der Waals surface area contributed by atoms with Crippen LogP contribution in [0.2, 0.25) is 0 Å². The van der Waals surface area contributed by atoms with E-state index in [0.29, 0.717) is 0 Å². The van der Waals surface area contributed by atoms with Gasteiger partial charge in [0.05, 0.1) is 32.4 Å². The summed E-state index contributed by atoms with van der Waals surface area (Å²) in [5.74, 6) is 0. The number of nitrogens with one attached hydrogen (secondary N) is 1. The SMILES string of the molecule is C[N+](C)(C)Cc1c(-c2ccccc2)[nH]c2nccnc12.[I-]. The largest absolute Gasteiger partial charge is 1.00 e. The number of hydrogen-bond acceptors (Lipinski definition) is 2. The average Bonchev–Trinajstić information content (AvgIpc) is 2.77. The standard InChI is InChI=1S/C16H19N4.HI/c1-20(2,3)11-13-14(12-7-5-4-6-8-12)19-16-15(13)17-9-10-18-16;/h4-10H,11H2,1-3H3,(H,18,19);1H/q+1;/p-1. The number of aromatic nitrogens is 3. The number of fused-ring (bicyclic) bond motifs is 1. The van der Waals surface area contributed by atoms with Crippen molar-refractivity contribution in [3.8, 4) is 11.3 Å². The van der Waals surface area contributed by atoms with E-state index in [-0.39, 0.29) is 24.0 Å². The third-order valence-corrected chi connectivity index (χ3v) is 3.22. The third kappa shape index (κ3) is 3.41. The van der Waals surface area contributed by atoms with Gasteiger partial charge in [-0.2, -0.15) is 0 Å². The maximum Gasteiger partial charge on any atom is 0.157 e. The van der Waals surface area contributed by atoms with Gasteiger partial charge in [-0.05, 0) is 5.56 Å². The van der Waals surface area contributed by atoms with Crippen LogP contribution in [0.4, 0.5) is 0 Å². The first-order chi connectivity index (χ1) is 9.54. The van der Waals surface area contributed by atoms with Crippen LogP contribution in [-0.2, 0) is 6.54 Å². The molecule has 3 rings (SSSR count). The van der Waals surface area contributed by atoms with Crippen LogP contribution in [0.15, 0.2) is 42.7 Å². The minimum atomic E-state index is 0. The van der Waals surface area contributed by atoms with Crippen LogP contribution in [0.5, 0.6) is 0 Å². The molecule has 0 aliphatic heterocycles. The summed E-state index contributed by atoms with van der Waals surface area (Å²) in [5.41, 5.74) is 5.36. The Balaban J connectivity index is 0.00000161. The lowest BCUT2D eigenvalue weighted by atomic mass is 10.1. The Morgan fingerprint density at radius 3 is 2.33 bits per heavy atom. The lowest BCUT2D eigenvalue weighted by Crippen LogP contribution is -3.00. The van der Waals surface area contributed by atoms with Crippen molar-refractivity contribution in [1.29, 1.82) is 0 Å². The van der Waals surface area contributed by atoms with Gasteiger partial charge in [-0.15, -0.1) is 0 Å². The molecule has 5 heteroatoms. The Kier molecular flexibility index (Phi) is 4.63. The Hall–Kier alpha value is -1.47. The number of hydrogen-bond donors (Lipinski definition) is 1. The van der Waals surface area contributed by atoms with Crippen LogP contribution in [0.25, 0.3) is 22.4 Å². The number of rotatable bonds is 3. The summed E-state index contributed by atoms with van der Waals surface area (Å²) in [5, 5.41) is 0. The first-order valence-electron chi connectivity index (χ1n) is 6.72. The fourth-order valence-electron chi connectivity index (χ4n) is 2.44. The fraction of sp³-hybridized carbons (Fsp3) is 0.250. The van der Waals surface area contributed by atoms with E-state index in [1.54, 1.807) is 12.4 Å². The number of halogens is 1. The average molecular weight is 394 g/mol. The van der Waals surface area contributed by atoms with Crippen molar-refractivity contribution in [2.75, 3.05) is 21.1 Å². The second kappa shape index (κ2) is 6.11. The molecule has 4 nitrogen and oxygen atoms in total. The highest BCUT2D eigenvalue weighted by Gasteiger charge is 2.20. The lowest BCUT2D eigenvalue weighted by molar-refractivity contribution is -0.883. The van der Waals surface area contributed by atoms with E-state index >= 15 is 0 Å². The molecule has 3 aromatic rings. The second-order valence-electron chi connectivity index (χ2n) is 6.05. The number of aromatic amines is 1. The Labute approximate surface area is 141 Å². The molecule has 0 bridgehead atoms. The summed E-state index contributed by atoms with van der Waals surface area (Å²) >= 11 is 0. The molecule has 0 amide bonds. The predicted molar refractivity (Wildman–Crippen MR) is 81.1 cm³/mol. The molecule has 2 heterocycles. The van der Waals surface area contributed by atoms with Gasteiger partial charge in [-0.25, -0.2) is 4.98 Å². The molecule has 0 spiro atoms. The number of H-pyrrole nitrogens is 1. The van der Waals surface area contributed by atoms with Gasteiger partial charge in [0.15, 0.2) is 5.65 Å². The van der Waals surface area contributed by atoms with Crippen LogP contribution in [0, 0.1) is 0 Å². The van der Waals surface area contributed by atoms with Gasteiger partial charge >= 0.3 is 0 Å². The molecule has 110 valence electrons. The van der Waals surface area contributed by atoms with E-state index in [9.17, 15) is 0 Å². The van der Waals surface area contributed by atoms with E-state index in [4.69, 9.17) is 0 Å². The van der Waals surface area contributed by atoms with E-state index in [1.807, 2.05) is 6.07 Å². The van der Waals surface area contributed by atoms with Crippen molar-refractivity contribution in [2.45, 2.75) is 6.54 Å². The normalized spacial score (nSPS) is 11.4. The molecule has 0 aliphatic carbocycles. The molecular weight excluding hydrogens is 375 g/mol. The summed E-state index contributed by atoms with van der Waals surface area (Å²) in [4.78, 5) is 12.3. The van der Waals surface area contributed by atoms with Crippen LogP contribution >= 0.6 is 0 Å². The highest BCUT2D eigenvalue weighted by Crippen LogP contribution is 2.29. The molecule has 1 aromatic carbocycles. The van der Waals surface area contributed by atoms with Gasteiger partial charge < -0.3 is 33.4 Å². The van der Waals surface area contributed by atoms with Crippen molar-refractivity contribution in [1.82, 2.24) is 15.0 Å². The molecule has 21 heavy (non-hydrogen) atoms. The molecular formula is C16H19IN4. The van der Waals surface area contributed by atoms with Crippen LogP contribution in [0.1, 0.15) is 5.56 Å². The molecule has 0 atom stereocenters. The first kappa shape index (κ1) is 15.9. The molecule has 1 N–H and O–H groups in total. The first-order valence-corrected chi connectivity index (χ1v) is 6.72. The van der Waals surface area contributed by atoms with Gasteiger partial charge in [-0.3, -0.25) is 4.98 Å². The molecule has 0 saturated carbocycles. The van der Waals surface area contributed by atoms with Crippen molar-refractivity contribution in [3.05, 3.63) is 48.3 Å². The van der Waals surface area contributed by atoms with Crippen molar-refractivity contribution in [3.63, 3.8) is 0 Å². The molecule has 0 radical (unpaired) electrons. The number of nitrogens with zero attached hydrogens (tertiary/aromatic N) is 3. The Bertz CT molecular complexity index is 729. The highest BCUT2D eigenvalue weighted by molar-refractivity contribution is 5.84. The van der Waals surface area contributed by atoms with Crippen molar-refractivity contribution in [2.24, 2.45) is 0 Å². The van der Waals surface area contributed by atoms with Gasteiger partial charge in [-0.1, -0.05) is 30.3 Å². The highest BCUT2D eigenvalue weighted by atomic mass is 127. The van der Waals surface area contributed by atoms with Crippen molar-refractivity contribution >= 4 is 11.2 Å². The topological polar surface area (TPSA) is 41.6 Å². The predicted octanol–water partition coefficient (Wildman–Crippen LogP) is -0.165. The van der Waals surface area contributed by atoms with E-state index in [1.165, 1.54) is 11.1 Å². The maximum atomic E-state index is 4.51. The zero-order chi connectivity index (χ0) is 14.2. The molecule has 0 fully saturated rings. The quantitative estimate of drug-likeness (QED) is 0.496. The van der Waals surface area contributed by atoms with Crippen LogP contribution in [-0.4, -0.2) is 40.6 Å². The summed E-state index contributed by atoms with van der Waals surface area (Å²) in [6.45, 7) is 0.906. The Morgan fingerprint density at radius 2 is 1.67 bits per heavy atom. The molecule has 0 aliphatic rings. The number of quaternary nitrogens is 1. The monoisotopic (exact) mass is 394 g/mol. The summed E-state index contributed by atoms with van der Waals surface area (Å²) < 4.78 is 0.851. The fourth-order valence-corrected chi connectivity index (χ4v) is 2.44. The molecule has 2 aromatic heterocycles. The third-order valence-electron chi connectivity index (χ3n) is 3.22. The minimum Gasteiger partial charge on any atom is -1.00 e. The summed E-state index contributed by atoms with van der Waals surface area (Å²) in [6, 6.07) is 10.4. The van der Waals surface area contributed by atoms with Gasteiger partial charge in [0.1, 0.15) is 12.1 Å². The second-order valence-corrected chi connectivity index (χ2v) is 6.05. The smallest absolute Gasteiger partial charge is 0.157 e. The zero-order valence-electron chi connectivity index (χ0n) is 12.5. The molecule has 0 saturated heterocycles. The summed E-state index contributed by atoms with van der Waals surface area (Å²) in [6.07, 6.45) is 3.48. The summed E-state index contributed by atoms with van der Waals surface area (Å²) in [7, 11) is 6.55. The zero-order valence-corrected chi connectivity index (χ0v) is 14.6.